The van der Waals surface area contributed by atoms with Gasteiger partial charge in [-0.25, -0.2) is 0 Å². The summed E-state index contributed by atoms with van der Waals surface area (Å²) in [5.41, 5.74) is 14.8. The fourth-order valence-corrected chi connectivity index (χ4v) is 1.78. The predicted molar refractivity (Wildman–Crippen MR) is 76.2 cm³/mol. The molecular formula is C15H19N3. The third-order valence-corrected chi connectivity index (χ3v) is 2.93. The maximum atomic E-state index is 5.86. The van der Waals surface area contributed by atoms with E-state index in [2.05, 4.69) is 17.4 Å². The van der Waals surface area contributed by atoms with Gasteiger partial charge in [0.2, 0.25) is 0 Å². The van der Waals surface area contributed by atoms with Crippen LogP contribution in [0, 0.1) is 0 Å². The van der Waals surface area contributed by atoms with E-state index in [1.807, 2.05) is 42.5 Å². The molecule has 0 aliphatic carbocycles. The Morgan fingerprint density at radius 1 is 0.944 bits per heavy atom. The second kappa shape index (κ2) is 6.19. The molecule has 3 nitrogen and oxygen atoms in total. The molecule has 5 N–H and O–H groups in total. The minimum absolute atomic E-state index is 0.0758. The first-order valence-corrected chi connectivity index (χ1v) is 6.13. The summed E-state index contributed by atoms with van der Waals surface area (Å²) in [5, 5.41) is 3.37. The average molecular weight is 241 g/mol. The van der Waals surface area contributed by atoms with Crippen LogP contribution < -0.4 is 16.8 Å². The molecule has 2 rings (SSSR count). The normalized spacial score (nSPS) is 12.1. The highest BCUT2D eigenvalue weighted by molar-refractivity contribution is 5.45. The molecule has 0 heterocycles. The predicted octanol–water partition coefficient (Wildman–Crippen LogP) is 2.26. The van der Waals surface area contributed by atoms with Gasteiger partial charge in [0.05, 0.1) is 0 Å². The summed E-state index contributed by atoms with van der Waals surface area (Å²) in [6, 6.07) is 18.3. The van der Waals surface area contributed by atoms with E-state index in [9.17, 15) is 0 Å². The summed E-state index contributed by atoms with van der Waals surface area (Å²) in [6.07, 6.45) is 0. The van der Waals surface area contributed by atoms with E-state index in [0.29, 0.717) is 6.54 Å². The van der Waals surface area contributed by atoms with Crippen molar-refractivity contribution < 1.29 is 0 Å². The largest absolute Gasteiger partial charge is 0.381 e. The van der Waals surface area contributed by atoms with Crippen LogP contribution in [-0.2, 0) is 6.54 Å². The van der Waals surface area contributed by atoms with Gasteiger partial charge >= 0.3 is 0 Å². The van der Waals surface area contributed by atoms with Crippen molar-refractivity contribution in [1.82, 2.24) is 0 Å². The second-order valence-corrected chi connectivity index (χ2v) is 4.30. The molecule has 94 valence electrons. The molecule has 18 heavy (non-hydrogen) atoms. The Balaban J connectivity index is 1.94. The molecule has 0 amide bonds. The molecule has 0 bridgehead atoms. The maximum absolute atomic E-state index is 5.86. The fourth-order valence-electron chi connectivity index (χ4n) is 1.78. The third kappa shape index (κ3) is 3.32. The second-order valence-electron chi connectivity index (χ2n) is 4.30. The quantitative estimate of drug-likeness (QED) is 0.752. The summed E-state index contributed by atoms with van der Waals surface area (Å²) in [4.78, 5) is 0. The average Bonchev–Trinajstić information content (AvgIpc) is 2.46. The summed E-state index contributed by atoms with van der Waals surface area (Å²) >= 11 is 0. The summed E-state index contributed by atoms with van der Waals surface area (Å²) in [7, 11) is 0. The van der Waals surface area contributed by atoms with Crippen LogP contribution in [0.15, 0.2) is 54.6 Å². The van der Waals surface area contributed by atoms with Gasteiger partial charge in [0.25, 0.3) is 0 Å². The van der Waals surface area contributed by atoms with E-state index >= 15 is 0 Å². The number of hydrogen-bond acceptors (Lipinski definition) is 3. The molecular weight excluding hydrogens is 222 g/mol. The Bertz CT molecular complexity index is 465. The molecule has 0 saturated heterocycles. The van der Waals surface area contributed by atoms with Crippen molar-refractivity contribution in [2.45, 2.75) is 12.6 Å². The van der Waals surface area contributed by atoms with Crippen LogP contribution in [0.2, 0.25) is 0 Å². The lowest BCUT2D eigenvalue weighted by Gasteiger charge is -2.11. The van der Waals surface area contributed by atoms with Gasteiger partial charge in [-0.2, -0.15) is 0 Å². The van der Waals surface area contributed by atoms with Crippen molar-refractivity contribution in [3.8, 4) is 0 Å². The van der Waals surface area contributed by atoms with Gasteiger partial charge in [-0.3, -0.25) is 0 Å². The van der Waals surface area contributed by atoms with E-state index in [1.165, 1.54) is 5.56 Å². The van der Waals surface area contributed by atoms with Crippen LogP contribution in [-0.4, -0.2) is 6.54 Å². The van der Waals surface area contributed by atoms with Gasteiger partial charge in [-0.1, -0.05) is 42.5 Å². The van der Waals surface area contributed by atoms with E-state index in [0.717, 1.165) is 17.8 Å². The van der Waals surface area contributed by atoms with E-state index in [1.54, 1.807) is 0 Å². The number of benzene rings is 2. The van der Waals surface area contributed by atoms with Gasteiger partial charge in [0.15, 0.2) is 0 Å². The van der Waals surface area contributed by atoms with Crippen LogP contribution in [0.25, 0.3) is 0 Å². The zero-order valence-electron chi connectivity index (χ0n) is 10.3. The van der Waals surface area contributed by atoms with E-state index in [-0.39, 0.29) is 6.04 Å². The molecule has 0 saturated carbocycles. The molecule has 0 fully saturated rings. The van der Waals surface area contributed by atoms with Gasteiger partial charge in [0, 0.05) is 24.8 Å². The van der Waals surface area contributed by atoms with Crippen LogP contribution >= 0.6 is 0 Å². The topological polar surface area (TPSA) is 64.1 Å². The van der Waals surface area contributed by atoms with Crippen LogP contribution in [0.1, 0.15) is 17.2 Å². The van der Waals surface area contributed by atoms with Crippen molar-refractivity contribution in [2.75, 3.05) is 11.9 Å². The van der Waals surface area contributed by atoms with Crippen LogP contribution in [0.3, 0.4) is 0 Å². The van der Waals surface area contributed by atoms with Gasteiger partial charge in [-0.05, 0) is 23.3 Å². The number of anilines is 1. The smallest absolute Gasteiger partial charge is 0.0419 e. The minimum Gasteiger partial charge on any atom is -0.381 e. The Labute approximate surface area is 108 Å². The standard InChI is InChI=1S/C15H19N3/c16-10-15(17)13-6-8-14(9-7-13)18-11-12-4-2-1-3-5-12/h1-9,15,18H,10-11,16-17H2/t15-/m0/s1. The lowest BCUT2D eigenvalue weighted by atomic mass is 10.1. The number of nitrogens with one attached hydrogen (secondary N) is 1. The SMILES string of the molecule is NC[C@H](N)c1ccc(NCc2ccccc2)cc1. The highest BCUT2D eigenvalue weighted by Crippen LogP contribution is 2.14. The lowest BCUT2D eigenvalue weighted by molar-refractivity contribution is 0.737. The molecule has 0 spiro atoms. The van der Waals surface area contributed by atoms with Crippen LogP contribution in [0.4, 0.5) is 5.69 Å². The Morgan fingerprint density at radius 3 is 2.22 bits per heavy atom. The minimum atomic E-state index is -0.0758. The molecule has 3 heteroatoms. The molecule has 0 aliphatic heterocycles. The molecule has 0 unspecified atom stereocenters. The first-order chi connectivity index (χ1) is 8.79. The van der Waals surface area contributed by atoms with E-state index in [4.69, 9.17) is 11.5 Å². The summed E-state index contributed by atoms with van der Waals surface area (Å²) in [6.45, 7) is 1.29. The van der Waals surface area contributed by atoms with Crippen molar-refractivity contribution in [2.24, 2.45) is 11.5 Å². The van der Waals surface area contributed by atoms with Gasteiger partial charge in [-0.15, -0.1) is 0 Å². The third-order valence-electron chi connectivity index (χ3n) is 2.93. The Morgan fingerprint density at radius 2 is 1.61 bits per heavy atom. The first-order valence-electron chi connectivity index (χ1n) is 6.13. The molecule has 1 atom stereocenters. The Hall–Kier alpha value is -1.84. The molecule has 2 aromatic rings. The zero-order chi connectivity index (χ0) is 12.8. The monoisotopic (exact) mass is 241 g/mol. The van der Waals surface area contributed by atoms with Gasteiger partial charge < -0.3 is 16.8 Å². The zero-order valence-corrected chi connectivity index (χ0v) is 10.3. The van der Waals surface area contributed by atoms with Crippen molar-refractivity contribution >= 4 is 5.69 Å². The maximum Gasteiger partial charge on any atom is 0.0419 e. The van der Waals surface area contributed by atoms with Crippen molar-refractivity contribution in [3.05, 3.63) is 65.7 Å². The molecule has 0 aromatic heterocycles. The van der Waals surface area contributed by atoms with Crippen molar-refractivity contribution in [1.29, 1.82) is 0 Å². The van der Waals surface area contributed by atoms with Crippen LogP contribution in [0.5, 0.6) is 0 Å². The Kier molecular flexibility index (Phi) is 4.34. The molecule has 2 aromatic carbocycles. The summed E-state index contributed by atoms with van der Waals surface area (Å²) < 4.78 is 0. The van der Waals surface area contributed by atoms with Crippen molar-refractivity contribution in [3.63, 3.8) is 0 Å². The fraction of sp³-hybridized carbons (Fsp3) is 0.200. The first kappa shape index (κ1) is 12.6. The summed E-state index contributed by atoms with van der Waals surface area (Å²) in [5.74, 6) is 0. The highest BCUT2D eigenvalue weighted by atomic mass is 14.9. The molecule has 0 radical (unpaired) electrons. The molecule has 0 aliphatic rings. The lowest BCUT2D eigenvalue weighted by Crippen LogP contribution is -2.20. The van der Waals surface area contributed by atoms with Gasteiger partial charge in [0.1, 0.15) is 0 Å². The number of nitrogens with two attached hydrogens (primary N) is 2. The van der Waals surface area contributed by atoms with E-state index < -0.39 is 0 Å². The highest BCUT2D eigenvalue weighted by Gasteiger charge is 2.02. The number of hydrogen-bond donors (Lipinski definition) is 3. The number of rotatable bonds is 5.